The van der Waals surface area contributed by atoms with E-state index < -0.39 is 5.60 Å². The number of halogens is 2. The standard InChI is InChI=1S/C28H23Cl2N3O2/c1-17-31-16-26(32(17)2)28(35,19-7-10-21(29)11-8-19)20-9-12-25-24(14-20)23(15-27(34)33(25)3)18-5-4-6-22(30)13-18/h4-16,35H,1-3H3. The van der Waals surface area contributed by atoms with Crippen LogP contribution in [-0.2, 0) is 19.7 Å². The molecule has 1 atom stereocenters. The first-order chi connectivity index (χ1) is 16.7. The van der Waals surface area contributed by atoms with E-state index in [0.717, 1.165) is 27.9 Å². The van der Waals surface area contributed by atoms with Crippen LogP contribution in [0.5, 0.6) is 0 Å². The molecule has 0 aliphatic carbocycles. The van der Waals surface area contributed by atoms with E-state index in [1.807, 2.05) is 67.1 Å². The van der Waals surface area contributed by atoms with E-state index in [1.54, 1.807) is 42.1 Å². The second-order valence-electron chi connectivity index (χ2n) is 8.66. The molecule has 0 aliphatic rings. The summed E-state index contributed by atoms with van der Waals surface area (Å²) >= 11 is 12.4. The molecule has 0 radical (unpaired) electrons. The first kappa shape index (κ1) is 23.4. The first-order valence-electron chi connectivity index (χ1n) is 11.1. The number of rotatable bonds is 4. The van der Waals surface area contributed by atoms with Crippen molar-refractivity contribution in [1.82, 2.24) is 14.1 Å². The Hall–Kier alpha value is -3.38. The zero-order valence-electron chi connectivity index (χ0n) is 19.5. The average Bonchev–Trinajstić information content (AvgIpc) is 3.19. The third-order valence-corrected chi connectivity index (χ3v) is 7.14. The zero-order chi connectivity index (χ0) is 24.9. The summed E-state index contributed by atoms with van der Waals surface area (Å²) in [5.41, 5.74) is 2.57. The highest BCUT2D eigenvalue weighted by Gasteiger charge is 2.37. The van der Waals surface area contributed by atoms with Crippen LogP contribution in [0, 0.1) is 6.92 Å². The maximum atomic E-state index is 12.8. The summed E-state index contributed by atoms with van der Waals surface area (Å²) in [5.74, 6) is 0.773. The summed E-state index contributed by atoms with van der Waals surface area (Å²) in [5, 5.41) is 14.4. The Bertz CT molecular complexity index is 1640. The van der Waals surface area contributed by atoms with Gasteiger partial charge in [-0.3, -0.25) is 4.79 Å². The molecule has 0 aliphatic heterocycles. The molecular weight excluding hydrogens is 481 g/mol. The topological polar surface area (TPSA) is 60.1 Å². The molecule has 35 heavy (non-hydrogen) atoms. The lowest BCUT2D eigenvalue weighted by molar-refractivity contribution is 0.117. The number of hydrogen-bond donors (Lipinski definition) is 1. The van der Waals surface area contributed by atoms with Gasteiger partial charge in [0.15, 0.2) is 5.60 Å². The fourth-order valence-electron chi connectivity index (χ4n) is 4.57. The Balaban J connectivity index is 1.85. The molecule has 0 bridgehead atoms. The number of benzene rings is 3. The van der Waals surface area contributed by atoms with Crippen LogP contribution in [0.4, 0.5) is 0 Å². The molecule has 0 fully saturated rings. The van der Waals surface area contributed by atoms with Crippen LogP contribution in [0.25, 0.3) is 22.0 Å². The summed E-state index contributed by atoms with van der Waals surface area (Å²) in [6, 6.07) is 21.8. The largest absolute Gasteiger partial charge is 0.374 e. The van der Waals surface area contributed by atoms with Crippen molar-refractivity contribution in [3.8, 4) is 11.1 Å². The molecule has 2 heterocycles. The van der Waals surface area contributed by atoms with Crippen molar-refractivity contribution in [3.05, 3.63) is 122 Å². The fourth-order valence-corrected chi connectivity index (χ4v) is 4.89. The molecule has 5 rings (SSSR count). The summed E-state index contributed by atoms with van der Waals surface area (Å²) in [7, 11) is 3.61. The Morgan fingerprint density at radius 2 is 1.57 bits per heavy atom. The lowest BCUT2D eigenvalue weighted by Crippen LogP contribution is -2.31. The zero-order valence-corrected chi connectivity index (χ0v) is 21.0. The third kappa shape index (κ3) is 3.86. The molecule has 0 spiro atoms. The monoisotopic (exact) mass is 503 g/mol. The smallest absolute Gasteiger partial charge is 0.251 e. The van der Waals surface area contributed by atoms with E-state index in [-0.39, 0.29) is 5.56 Å². The highest BCUT2D eigenvalue weighted by Crippen LogP contribution is 2.40. The number of pyridine rings is 1. The summed E-state index contributed by atoms with van der Waals surface area (Å²) in [6.07, 6.45) is 1.69. The van der Waals surface area contributed by atoms with E-state index in [2.05, 4.69) is 4.98 Å². The van der Waals surface area contributed by atoms with Gasteiger partial charge in [-0.05, 0) is 65.6 Å². The Morgan fingerprint density at radius 1 is 0.857 bits per heavy atom. The van der Waals surface area contributed by atoms with Crippen LogP contribution in [0.1, 0.15) is 22.6 Å². The second-order valence-corrected chi connectivity index (χ2v) is 9.54. The number of aryl methyl sites for hydroxylation is 2. The Morgan fingerprint density at radius 3 is 2.23 bits per heavy atom. The van der Waals surface area contributed by atoms with Gasteiger partial charge in [-0.25, -0.2) is 4.98 Å². The predicted octanol–water partition coefficient (Wildman–Crippen LogP) is 5.84. The van der Waals surface area contributed by atoms with Crippen LogP contribution >= 0.6 is 23.2 Å². The van der Waals surface area contributed by atoms with E-state index in [1.165, 1.54) is 0 Å². The van der Waals surface area contributed by atoms with Crippen molar-refractivity contribution in [2.24, 2.45) is 14.1 Å². The van der Waals surface area contributed by atoms with E-state index in [0.29, 0.717) is 26.9 Å². The predicted molar refractivity (Wildman–Crippen MR) is 141 cm³/mol. The maximum absolute atomic E-state index is 12.8. The molecule has 5 nitrogen and oxygen atoms in total. The molecule has 0 saturated heterocycles. The van der Waals surface area contributed by atoms with Crippen molar-refractivity contribution in [3.63, 3.8) is 0 Å². The summed E-state index contributed by atoms with van der Waals surface area (Å²) in [6.45, 7) is 1.89. The van der Waals surface area contributed by atoms with Crippen LogP contribution in [0.15, 0.2) is 83.8 Å². The number of aliphatic hydroxyl groups is 1. The Labute approximate surface area is 212 Å². The first-order valence-corrected chi connectivity index (χ1v) is 11.8. The molecule has 176 valence electrons. The number of nitrogens with zero attached hydrogens (tertiary/aromatic N) is 3. The lowest BCUT2D eigenvalue weighted by Gasteiger charge is -2.30. The van der Waals surface area contributed by atoms with Gasteiger partial charge in [-0.2, -0.15) is 0 Å². The van der Waals surface area contributed by atoms with Crippen molar-refractivity contribution >= 4 is 34.1 Å². The second kappa shape index (κ2) is 8.68. The van der Waals surface area contributed by atoms with E-state index in [9.17, 15) is 9.90 Å². The van der Waals surface area contributed by atoms with Gasteiger partial charge >= 0.3 is 0 Å². The quantitative estimate of drug-likeness (QED) is 0.335. The number of imidazole rings is 1. The van der Waals surface area contributed by atoms with E-state index >= 15 is 0 Å². The molecular formula is C28H23Cl2N3O2. The Kier molecular flexibility index (Phi) is 5.80. The third-order valence-electron chi connectivity index (χ3n) is 6.65. The van der Waals surface area contributed by atoms with Crippen molar-refractivity contribution in [2.75, 3.05) is 0 Å². The summed E-state index contributed by atoms with van der Waals surface area (Å²) < 4.78 is 3.47. The summed E-state index contributed by atoms with van der Waals surface area (Å²) in [4.78, 5) is 17.2. The van der Waals surface area contributed by atoms with Crippen LogP contribution < -0.4 is 5.56 Å². The van der Waals surface area contributed by atoms with Crippen LogP contribution in [0.2, 0.25) is 10.0 Å². The van der Waals surface area contributed by atoms with Crippen molar-refractivity contribution in [2.45, 2.75) is 12.5 Å². The minimum Gasteiger partial charge on any atom is -0.374 e. The molecule has 1 unspecified atom stereocenters. The van der Waals surface area contributed by atoms with Crippen LogP contribution in [-0.4, -0.2) is 19.2 Å². The SMILES string of the molecule is Cc1ncc(C(O)(c2ccc(Cl)cc2)c2ccc3c(c2)c(-c2cccc(Cl)c2)cc(=O)n3C)n1C. The lowest BCUT2D eigenvalue weighted by atomic mass is 9.82. The molecule has 7 heteroatoms. The van der Waals surface area contributed by atoms with Gasteiger partial charge in [0.25, 0.3) is 5.56 Å². The fraction of sp³-hybridized carbons (Fsp3) is 0.143. The maximum Gasteiger partial charge on any atom is 0.251 e. The normalized spacial score (nSPS) is 13.2. The van der Waals surface area contributed by atoms with Gasteiger partial charge in [0.1, 0.15) is 5.82 Å². The van der Waals surface area contributed by atoms with Crippen LogP contribution in [0.3, 0.4) is 0 Å². The van der Waals surface area contributed by atoms with Gasteiger partial charge in [0.2, 0.25) is 0 Å². The number of hydrogen-bond acceptors (Lipinski definition) is 3. The minimum atomic E-state index is -1.52. The molecule has 3 aromatic carbocycles. The van der Waals surface area contributed by atoms with Gasteiger partial charge in [-0.1, -0.05) is 53.5 Å². The molecule has 5 aromatic rings. The molecule has 0 amide bonds. The van der Waals surface area contributed by atoms with Crippen molar-refractivity contribution < 1.29 is 5.11 Å². The van der Waals surface area contributed by atoms with Gasteiger partial charge in [0.05, 0.1) is 17.4 Å². The average molecular weight is 504 g/mol. The highest BCUT2D eigenvalue weighted by atomic mass is 35.5. The van der Waals surface area contributed by atoms with Gasteiger partial charge in [0, 0.05) is 35.6 Å². The number of fused-ring (bicyclic) bond motifs is 1. The number of aromatic nitrogens is 3. The minimum absolute atomic E-state index is 0.129. The molecule has 2 aromatic heterocycles. The molecule has 0 saturated carbocycles. The van der Waals surface area contributed by atoms with Gasteiger partial charge in [-0.15, -0.1) is 0 Å². The molecule has 1 N–H and O–H groups in total. The van der Waals surface area contributed by atoms with E-state index in [4.69, 9.17) is 23.2 Å². The van der Waals surface area contributed by atoms with Gasteiger partial charge < -0.3 is 14.2 Å². The van der Waals surface area contributed by atoms with Crippen molar-refractivity contribution in [1.29, 1.82) is 0 Å². The highest BCUT2D eigenvalue weighted by molar-refractivity contribution is 6.31.